The average Bonchev–Trinajstić information content (AvgIpc) is 2.27. The smallest absolute Gasteiger partial charge is 0.407 e. The second kappa shape index (κ2) is 2.37. The zero-order chi connectivity index (χ0) is 7.84. The van der Waals surface area contributed by atoms with Gasteiger partial charge in [0, 0.05) is 19.0 Å². The number of amides is 1. The second-order valence-corrected chi connectivity index (χ2v) is 3.33. The maximum absolute atomic E-state index is 10.8. The molecule has 0 spiro atoms. The van der Waals surface area contributed by atoms with E-state index in [-0.39, 0.29) is 6.09 Å². The molecular weight excluding hydrogens is 144 g/mol. The minimum Gasteiger partial charge on any atom is -0.449 e. The fourth-order valence-electron chi connectivity index (χ4n) is 1.80. The Labute approximate surface area is 65.5 Å². The third kappa shape index (κ3) is 1.18. The van der Waals surface area contributed by atoms with Crippen LogP contribution in [-0.4, -0.2) is 43.8 Å². The van der Waals surface area contributed by atoms with Gasteiger partial charge in [-0.3, -0.25) is 0 Å². The molecule has 2 fully saturated rings. The molecule has 2 heterocycles. The Morgan fingerprint density at radius 1 is 1.64 bits per heavy atom. The Balaban J connectivity index is 2.02. The predicted molar refractivity (Wildman–Crippen MR) is 39.3 cm³/mol. The summed E-state index contributed by atoms with van der Waals surface area (Å²) in [6.45, 7) is 2.57. The summed E-state index contributed by atoms with van der Waals surface area (Å²) in [6, 6.07) is 0.321. The van der Waals surface area contributed by atoms with Gasteiger partial charge in [0.05, 0.1) is 12.6 Å². The maximum Gasteiger partial charge on any atom is 0.407 e. The number of cyclic esters (lactones) is 1. The summed E-state index contributed by atoms with van der Waals surface area (Å²) in [7, 11) is 2.06. The van der Waals surface area contributed by atoms with Gasteiger partial charge >= 0.3 is 6.09 Å². The van der Waals surface area contributed by atoms with Gasteiger partial charge in [0.2, 0.25) is 0 Å². The highest BCUT2D eigenvalue weighted by molar-refractivity contribution is 5.68. The lowest BCUT2D eigenvalue weighted by atomic mass is 10.0. The van der Waals surface area contributed by atoms with Crippen molar-refractivity contribution in [2.75, 3.05) is 26.7 Å². The Kier molecular flexibility index (Phi) is 1.49. The summed E-state index contributed by atoms with van der Waals surface area (Å²) in [6.07, 6.45) is -0.262. The maximum atomic E-state index is 10.8. The van der Waals surface area contributed by atoms with Crippen LogP contribution in [0.2, 0.25) is 0 Å². The molecule has 0 radical (unpaired) electrons. The van der Waals surface area contributed by atoms with E-state index >= 15 is 0 Å². The zero-order valence-electron chi connectivity index (χ0n) is 6.54. The van der Waals surface area contributed by atoms with Gasteiger partial charge in [0.1, 0.15) is 0 Å². The van der Waals surface area contributed by atoms with Crippen molar-refractivity contribution in [2.45, 2.75) is 6.04 Å². The standard InChI is InChI=1S/C7H12N2O2/c1-9-2-5-4-11-7(10)8-6(5)3-9/h5-6H,2-4H2,1H3,(H,8,10). The number of hydrogen-bond donors (Lipinski definition) is 1. The van der Waals surface area contributed by atoms with Gasteiger partial charge in [0.15, 0.2) is 0 Å². The van der Waals surface area contributed by atoms with Crippen molar-refractivity contribution in [2.24, 2.45) is 5.92 Å². The molecule has 11 heavy (non-hydrogen) atoms. The Bertz CT molecular complexity index is 183. The normalized spacial score (nSPS) is 37.7. The molecule has 4 nitrogen and oxygen atoms in total. The van der Waals surface area contributed by atoms with Crippen molar-refractivity contribution in [3.8, 4) is 0 Å². The number of rotatable bonds is 0. The van der Waals surface area contributed by atoms with Crippen molar-refractivity contribution in [1.29, 1.82) is 0 Å². The minimum absolute atomic E-state index is 0.262. The first-order valence-electron chi connectivity index (χ1n) is 3.87. The van der Waals surface area contributed by atoms with Crippen LogP contribution in [0.25, 0.3) is 0 Å². The monoisotopic (exact) mass is 156 g/mol. The number of carbonyl (C=O) groups is 1. The van der Waals surface area contributed by atoms with Crippen LogP contribution in [0.3, 0.4) is 0 Å². The van der Waals surface area contributed by atoms with Crippen molar-refractivity contribution < 1.29 is 9.53 Å². The molecule has 1 N–H and O–H groups in total. The quantitative estimate of drug-likeness (QED) is 0.521. The summed E-state index contributed by atoms with van der Waals surface area (Å²) in [5, 5.41) is 2.81. The molecule has 0 aliphatic carbocycles. The topological polar surface area (TPSA) is 41.6 Å². The van der Waals surface area contributed by atoms with Gasteiger partial charge in [-0.2, -0.15) is 0 Å². The summed E-state index contributed by atoms with van der Waals surface area (Å²) >= 11 is 0. The highest BCUT2D eigenvalue weighted by Crippen LogP contribution is 2.18. The number of nitrogens with zero attached hydrogens (tertiary/aromatic N) is 1. The summed E-state index contributed by atoms with van der Waals surface area (Å²) in [5.41, 5.74) is 0. The van der Waals surface area contributed by atoms with E-state index in [9.17, 15) is 4.79 Å². The van der Waals surface area contributed by atoms with Crippen molar-refractivity contribution in [3.05, 3.63) is 0 Å². The molecule has 0 bridgehead atoms. The Morgan fingerprint density at radius 2 is 2.45 bits per heavy atom. The van der Waals surface area contributed by atoms with Crippen molar-refractivity contribution >= 4 is 6.09 Å². The van der Waals surface area contributed by atoms with Crippen molar-refractivity contribution in [1.82, 2.24) is 10.2 Å². The summed E-state index contributed by atoms with van der Waals surface area (Å²) in [5.74, 6) is 0.498. The highest BCUT2D eigenvalue weighted by Gasteiger charge is 2.36. The molecule has 2 saturated heterocycles. The molecule has 0 aromatic heterocycles. The highest BCUT2D eigenvalue weighted by atomic mass is 16.6. The second-order valence-electron chi connectivity index (χ2n) is 3.33. The van der Waals surface area contributed by atoms with E-state index in [0.29, 0.717) is 18.6 Å². The van der Waals surface area contributed by atoms with Crippen LogP contribution in [0.4, 0.5) is 4.79 Å². The van der Waals surface area contributed by atoms with Crippen LogP contribution in [0.5, 0.6) is 0 Å². The van der Waals surface area contributed by atoms with Crippen molar-refractivity contribution in [3.63, 3.8) is 0 Å². The number of likely N-dealkylation sites (N-methyl/N-ethyl adjacent to an activating group) is 1. The van der Waals surface area contributed by atoms with Crippen LogP contribution in [0, 0.1) is 5.92 Å². The first kappa shape index (κ1) is 6.91. The first-order valence-corrected chi connectivity index (χ1v) is 3.87. The van der Waals surface area contributed by atoms with Gasteiger partial charge in [0.25, 0.3) is 0 Å². The van der Waals surface area contributed by atoms with E-state index in [2.05, 4.69) is 17.3 Å². The van der Waals surface area contributed by atoms with Gasteiger partial charge in [-0.25, -0.2) is 4.79 Å². The molecule has 2 atom stereocenters. The van der Waals surface area contributed by atoms with Gasteiger partial charge < -0.3 is 15.0 Å². The number of fused-ring (bicyclic) bond motifs is 1. The van der Waals surface area contributed by atoms with E-state index in [4.69, 9.17) is 4.74 Å². The van der Waals surface area contributed by atoms with Gasteiger partial charge in [-0.15, -0.1) is 0 Å². The number of nitrogens with one attached hydrogen (secondary N) is 1. The predicted octanol–water partition coefficient (Wildman–Crippen LogP) is -0.344. The fraction of sp³-hybridized carbons (Fsp3) is 0.857. The molecule has 2 aliphatic heterocycles. The van der Waals surface area contributed by atoms with E-state index in [0.717, 1.165) is 13.1 Å². The number of alkyl carbamates (subject to hydrolysis) is 1. The molecule has 2 rings (SSSR count). The zero-order valence-corrected chi connectivity index (χ0v) is 6.54. The molecule has 0 saturated carbocycles. The molecule has 2 unspecified atom stereocenters. The molecule has 2 aliphatic rings. The van der Waals surface area contributed by atoms with E-state index in [1.54, 1.807) is 0 Å². The van der Waals surface area contributed by atoms with Gasteiger partial charge in [-0.1, -0.05) is 0 Å². The first-order chi connectivity index (χ1) is 5.25. The SMILES string of the molecule is CN1CC2COC(=O)NC2C1. The minimum atomic E-state index is -0.262. The van der Waals surface area contributed by atoms with E-state index in [1.165, 1.54) is 0 Å². The molecular formula is C7H12N2O2. The number of hydrogen-bond acceptors (Lipinski definition) is 3. The molecule has 4 heteroatoms. The lowest BCUT2D eigenvalue weighted by molar-refractivity contribution is 0.0946. The largest absolute Gasteiger partial charge is 0.449 e. The lowest BCUT2D eigenvalue weighted by Crippen LogP contribution is -2.47. The Morgan fingerprint density at radius 3 is 3.27 bits per heavy atom. The van der Waals surface area contributed by atoms with E-state index < -0.39 is 0 Å². The number of ether oxygens (including phenoxy) is 1. The van der Waals surface area contributed by atoms with Crippen LogP contribution < -0.4 is 5.32 Å². The molecule has 1 amide bonds. The summed E-state index contributed by atoms with van der Waals surface area (Å²) in [4.78, 5) is 13.0. The number of likely N-dealkylation sites (tertiary alicyclic amines) is 1. The van der Waals surface area contributed by atoms with E-state index in [1.807, 2.05) is 0 Å². The van der Waals surface area contributed by atoms with Crippen LogP contribution >= 0.6 is 0 Å². The van der Waals surface area contributed by atoms with Crippen LogP contribution in [-0.2, 0) is 4.74 Å². The molecule has 0 aromatic rings. The third-order valence-electron chi connectivity index (χ3n) is 2.36. The third-order valence-corrected chi connectivity index (χ3v) is 2.36. The average molecular weight is 156 g/mol. The van der Waals surface area contributed by atoms with Crippen LogP contribution in [0.1, 0.15) is 0 Å². The molecule has 62 valence electrons. The molecule has 0 aromatic carbocycles. The fourth-order valence-corrected chi connectivity index (χ4v) is 1.80. The summed E-state index contributed by atoms with van der Waals surface area (Å²) < 4.78 is 4.86. The van der Waals surface area contributed by atoms with Gasteiger partial charge in [-0.05, 0) is 7.05 Å². The van der Waals surface area contributed by atoms with Crippen LogP contribution in [0.15, 0.2) is 0 Å². The Hall–Kier alpha value is -0.770. The number of carbonyl (C=O) groups excluding carboxylic acids is 1. The lowest BCUT2D eigenvalue weighted by Gasteiger charge is -2.24.